The topological polar surface area (TPSA) is 84.6 Å². The number of aliphatic imine (C=N–C) groups is 1. The molecule has 0 aromatic heterocycles. The second-order valence-electron chi connectivity index (χ2n) is 5.80. The molecule has 0 fully saturated rings. The average molecular weight is 323 g/mol. The molecule has 0 radical (unpaired) electrons. The molecule has 1 unspecified atom stereocenters. The van der Waals surface area contributed by atoms with Crippen LogP contribution in [0, 0.1) is 10.1 Å². The molecule has 2 aromatic carbocycles. The summed E-state index contributed by atoms with van der Waals surface area (Å²) in [5, 5.41) is 13.6. The average Bonchev–Trinajstić information content (AvgIpc) is 2.89. The summed E-state index contributed by atoms with van der Waals surface area (Å²) in [7, 11) is 0. The maximum Gasteiger partial charge on any atom is 0.275 e. The Bertz CT molecular complexity index is 841. The number of carbonyl (C=O) groups excluding carboxylic acids is 1. The molecule has 0 saturated carbocycles. The quantitative estimate of drug-likeness (QED) is 0.676. The molecule has 6 heteroatoms. The van der Waals surface area contributed by atoms with Crippen LogP contribution in [0.5, 0.6) is 0 Å². The van der Waals surface area contributed by atoms with E-state index < -0.39 is 4.92 Å². The van der Waals surface area contributed by atoms with Gasteiger partial charge in [0.15, 0.2) is 0 Å². The molecule has 2 aromatic rings. The smallest absolute Gasteiger partial charge is 0.275 e. The van der Waals surface area contributed by atoms with Crippen molar-refractivity contribution in [2.75, 3.05) is 5.32 Å². The van der Waals surface area contributed by atoms with Crippen molar-refractivity contribution in [3.63, 3.8) is 0 Å². The minimum atomic E-state index is -0.484. The summed E-state index contributed by atoms with van der Waals surface area (Å²) in [6.45, 7) is 4.28. The third-order valence-electron chi connectivity index (χ3n) is 4.25. The van der Waals surface area contributed by atoms with Gasteiger partial charge in [-0.05, 0) is 36.1 Å². The van der Waals surface area contributed by atoms with Gasteiger partial charge in [-0.1, -0.05) is 26.0 Å². The van der Waals surface area contributed by atoms with Gasteiger partial charge in [0.2, 0.25) is 0 Å². The fourth-order valence-electron chi connectivity index (χ4n) is 2.61. The summed E-state index contributed by atoms with van der Waals surface area (Å²) in [6.07, 6.45) is 1.05. The zero-order valence-electron chi connectivity index (χ0n) is 13.4. The summed E-state index contributed by atoms with van der Waals surface area (Å²) in [5.74, 6) is 0.112. The Morgan fingerprint density at radius 3 is 2.54 bits per heavy atom. The molecule has 1 N–H and O–H groups in total. The van der Waals surface area contributed by atoms with Crippen molar-refractivity contribution >= 4 is 28.7 Å². The molecule has 1 aliphatic rings. The predicted molar refractivity (Wildman–Crippen MR) is 93.1 cm³/mol. The lowest BCUT2D eigenvalue weighted by Gasteiger charge is -2.08. The van der Waals surface area contributed by atoms with Crippen LogP contribution >= 0.6 is 0 Å². The molecule has 24 heavy (non-hydrogen) atoms. The van der Waals surface area contributed by atoms with Crippen LogP contribution in [0.4, 0.5) is 17.1 Å². The number of hydrogen-bond donors (Lipinski definition) is 1. The summed E-state index contributed by atoms with van der Waals surface area (Å²) < 4.78 is 0. The SMILES string of the molecule is CCC(C)c1ccc(N=C2C(=O)Nc3ccc([N+](=O)[O-])cc32)cc1. The van der Waals surface area contributed by atoms with Crippen molar-refractivity contribution in [2.45, 2.75) is 26.2 Å². The van der Waals surface area contributed by atoms with Crippen molar-refractivity contribution in [2.24, 2.45) is 4.99 Å². The maximum atomic E-state index is 12.1. The molecule has 1 aliphatic heterocycles. The number of non-ortho nitro benzene ring substituents is 1. The Hall–Kier alpha value is -3.02. The number of anilines is 1. The lowest BCUT2D eigenvalue weighted by molar-refractivity contribution is -0.384. The van der Waals surface area contributed by atoms with Gasteiger partial charge in [-0.15, -0.1) is 0 Å². The van der Waals surface area contributed by atoms with Crippen LogP contribution in [-0.2, 0) is 4.79 Å². The van der Waals surface area contributed by atoms with Gasteiger partial charge in [0, 0.05) is 17.7 Å². The molecule has 3 rings (SSSR count). The highest BCUT2D eigenvalue weighted by Gasteiger charge is 2.28. The van der Waals surface area contributed by atoms with E-state index in [1.807, 2.05) is 24.3 Å². The minimum absolute atomic E-state index is 0.0648. The highest BCUT2D eigenvalue weighted by atomic mass is 16.6. The third kappa shape index (κ3) is 2.90. The van der Waals surface area contributed by atoms with E-state index in [1.165, 1.54) is 23.8 Å². The van der Waals surface area contributed by atoms with E-state index >= 15 is 0 Å². The first-order valence-corrected chi connectivity index (χ1v) is 7.78. The van der Waals surface area contributed by atoms with Gasteiger partial charge in [-0.25, -0.2) is 4.99 Å². The zero-order chi connectivity index (χ0) is 17.3. The molecule has 0 aliphatic carbocycles. The Morgan fingerprint density at radius 2 is 1.92 bits per heavy atom. The van der Waals surface area contributed by atoms with Gasteiger partial charge in [-0.3, -0.25) is 14.9 Å². The van der Waals surface area contributed by atoms with Crippen LogP contribution in [0.3, 0.4) is 0 Å². The first kappa shape index (κ1) is 15.9. The van der Waals surface area contributed by atoms with E-state index in [0.717, 1.165) is 6.42 Å². The number of fused-ring (bicyclic) bond motifs is 1. The molecule has 0 saturated heterocycles. The lowest BCUT2D eigenvalue weighted by Crippen LogP contribution is -2.13. The second-order valence-corrected chi connectivity index (χ2v) is 5.80. The van der Waals surface area contributed by atoms with Gasteiger partial charge in [-0.2, -0.15) is 0 Å². The number of hydrogen-bond acceptors (Lipinski definition) is 4. The molecule has 122 valence electrons. The number of benzene rings is 2. The van der Waals surface area contributed by atoms with E-state index in [-0.39, 0.29) is 17.3 Å². The first-order chi connectivity index (χ1) is 11.5. The van der Waals surface area contributed by atoms with Crippen LogP contribution in [0.15, 0.2) is 47.5 Å². The number of nitrogens with zero attached hydrogens (tertiary/aromatic N) is 2. The van der Waals surface area contributed by atoms with E-state index in [2.05, 4.69) is 24.2 Å². The normalized spacial score (nSPS) is 15.9. The highest BCUT2D eigenvalue weighted by molar-refractivity contribution is 6.54. The van der Waals surface area contributed by atoms with E-state index in [9.17, 15) is 14.9 Å². The van der Waals surface area contributed by atoms with E-state index in [4.69, 9.17) is 0 Å². The van der Waals surface area contributed by atoms with Crippen LogP contribution in [-0.4, -0.2) is 16.5 Å². The Kier molecular flexibility index (Phi) is 4.12. The Morgan fingerprint density at radius 1 is 1.21 bits per heavy atom. The van der Waals surface area contributed by atoms with E-state index in [1.54, 1.807) is 0 Å². The monoisotopic (exact) mass is 323 g/mol. The number of carbonyl (C=O) groups is 1. The van der Waals surface area contributed by atoms with Crippen molar-refractivity contribution in [3.05, 3.63) is 63.7 Å². The fraction of sp³-hybridized carbons (Fsp3) is 0.222. The van der Waals surface area contributed by atoms with E-state index in [0.29, 0.717) is 22.9 Å². The molecule has 1 heterocycles. The molecule has 6 nitrogen and oxygen atoms in total. The molecule has 0 bridgehead atoms. The van der Waals surface area contributed by atoms with Crippen molar-refractivity contribution in [3.8, 4) is 0 Å². The molecule has 0 spiro atoms. The summed E-state index contributed by atoms with van der Waals surface area (Å²) >= 11 is 0. The molecule has 1 amide bonds. The highest BCUT2D eigenvalue weighted by Crippen LogP contribution is 2.29. The first-order valence-electron chi connectivity index (χ1n) is 7.78. The third-order valence-corrected chi connectivity index (χ3v) is 4.25. The zero-order valence-corrected chi connectivity index (χ0v) is 13.4. The number of nitro benzene ring substituents is 1. The second kappa shape index (κ2) is 6.23. The van der Waals surface area contributed by atoms with Crippen molar-refractivity contribution < 1.29 is 9.72 Å². The summed E-state index contributed by atoms with van der Waals surface area (Å²) in [6, 6.07) is 12.0. The standard InChI is InChI=1S/C18H17N3O3/c1-3-11(2)12-4-6-13(7-5-12)19-17-15-10-14(21(23)24)8-9-16(15)20-18(17)22/h4-11H,3H2,1-2H3,(H,19,20,22). The predicted octanol–water partition coefficient (Wildman–Crippen LogP) is 4.18. The van der Waals surface area contributed by atoms with Gasteiger partial charge in [0.25, 0.3) is 11.6 Å². The van der Waals surface area contributed by atoms with Crippen molar-refractivity contribution in [1.29, 1.82) is 0 Å². The molecular weight excluding hydrogens is 306 g/mol. The lowest BCUT2D eigenvalue weighted by atomic mass is 9.99. The summed E-state index contributed by atoms with van der Waals surface area (Å²) in [4.78, 5) is 27.0. The number of rotatable bonds is 4. The maximum absolute atomic E-state index is 12.1. The van der Waals surface area contributed by atoms with Gasteiger partial charge in [0.1, 0.15) is 5.71 Å². The van der Waals surface area contributed by atoms with Gasteiger partial charge in [0.05, 0.1) is 16.3 Å². The van der Waals surface area contributed by atoms with Crippen LogP contribution in [0.2, 0.25) is 0 Å². The Labute approximate surface area is 139 Å². The van der Waals surface area contributed by atoms with Crippen LogP contribution in [0.1, 0.15) is 37.3 Å². The number of nitro groups is 1. The Balaban J connectivity index is 1.98. The summed E-state index contributed by atoms with van der Waals surface area (Å²) in [5.41, 5.74) is 3.00. The minimum Gasteiger partial charge on any atom is -0.320 e. The number of nitrogens with one attached hydrogen (secondary N) is 1. The largest absolute Gasteiger partial charge is 0.320 e. The fourth-order valence-corrected chi connectivity index (χ4v) is 2.61. The van der Waals surface area contributed by atoms with Gasteiger partial charge < -0.3 is 5.32 Å². The van der Waals surface area contributed by atoms with Gasteiger partial charge >= 0.3 is 0 Å². The van der Waals surface area contributed by atoms with Crippen LogP contribution in [0.25, 0.3) is 0 Å². The molecular formula is C18H17N3O3. The molecule has 1 atom stereocenters. The number of amides is 1. The van der Waals surface area contributed by atoms with Crippen molar-refractivity contribution in [1.82, 2.24) is 0 Å². The van der Waals surface area contributed by atoms with Crippen LogP contribution < -0.4 is 5.32 Å².